The fraction of sp³-hybridized carbons (Fsp3) is 0.579. The Hall–Kier alpha value is -1.92. The number of anilines is 1. The molecule has 0 bridgehead atoms. The normalized spacial score (nSPS) is 11.4. The maximum atomic E-state index is 12.2. The van der Waals surface area contributed by atoms with Crippen molar-refractivity contribution in [3.63, 3.8) is 0 Å². The van der Waals surface area contributed by atoms with Gasteiger partial charge in [0, 0.05) is 19.6 Å². The van der Waals surface area contributed by atoms with E-state index in [-0.39, 0.29) is 24.3 Å². The highest BCUT2D eigenvalue weighted by Gasteiger charge is 2.16. The predicted octanol–water partition coefficient (Wildman–Crippen LogP) is 3.11. The number of amides is 1. The smallest absolute Gasteiger partial charge is 0.305 e. The molecule has 0 aromatic heterocycles. The maximum absolute atomic E-state index is 12.2. The van der Waals surface area contributed by atoms with Crippen LogP contribution in [-0.2, 0) is 19.7 Å². The molecule has 1 rings (SSSR count). The van der Waals surface area contributed by atoms with Crippen molar-refractivity contribution in [2.24, 2.45) is 0 Å². The van der Waals surface area contributed by atoms with Crippen molar-refractivity contribution in [3.8, 4) is 0 Å². The first kappa shape index (κ1) is 21.1. The fourth-order valence-corrected chi connectivity index (χ4v) is 2.22. The Morgan fingerprint density at radius 2 is 1.80 bits per heavy atom. The minimum atomic E-state index is -0.864. The zero-order chi connectivity index (χ0) is 18.9. The van der Waals surface area contributed by atoms with Crippen LogP contribution in [0.1, 0.15) is 52.5 Å². The Bertz CT molecular complexity index is 550. The summed E-state index contributed by atoms with van der Waals surface area (Å²) < 4.78 is 5.25. The average molecular weight is 350 g/mol. The molecule has 0 aliphatic rings. The number of ether oxygens (including phenoxy) is 1. The van der Waals surface area contributed by atoms with E-state index in [9.17, 15) is 9.59 Å². The first-order valence-corrected chi connectivity index (χ1v) is 8.72. The average Bonchev–Trinajstić information content (AvgIpc) is 2.56. The summed E-state index contributed by atoms with van der Waals surface area (Å²) in [6.07, 6.45) is 1.10. The second-order valence-corrected chi connectivity index (χ2v) is 6.90. The largest absolute Gasteiger partial charge is 0.481 e. The summed E-state index contributed by atoms with van der Waals surface area (Å²) in [5.74, 6) is -0.869. The number of hydrogen-bond donors (Lipinski definition) is 2. The van der Waals surface area contributed by atoms with E-state index in [0.29, 0.717) is 26.0 Å². The lowest BCUT2D eigenvalue weighted by Gasteiger charge is -2.25. The van der Waals surface area contributed by atoms with Crippen molar-refractivity contribution in [1.82, 2.24) is 5.43 Å². The highest BCUT2D eigenvalue weighted by atomic mass is 16.5. The summed E-state index contributed by atoms with van der Waals surface area (Å²) in [4.78, 5) is 22.6. The van der Waals surface area contributed by atoms with Gasteiger partial charge < -0.3 is 9.84 Å². The molecule has 0 radical (unpaired) electrons. The van der Waals surface area contributed by atoms with E-state index in [1.54, 1.807) is 5.01 Å². The summed E-state index contributed by atoms with van der Waals surface area (Å²) in [5, 5.41) is 10.1. The third-order valence-electron chi connectivity index (χ3n) is 3.74. The van der Waals surface area contributed by atoms with Crippen molar-refractivity contribution in [2.75, 3.05) is 24.8 Å². The van der Waals surface area contributed by atoms with Gasteiger partial charge in [-0.2, -0.15) is 0 Å². The van der Waals surface area contributed by atoms with Gasteiger partial charge in [0.25, 0.3) is 0 Å². The number of carbonyl (C=O) groups is 2. The van der Waals surface area contributed by atoms with E-state index < -0.39 is 5.97 Å². The van der Waals surface area contributed by atoms with Gasteiger partial charge in [-0.1, -0.05) is 39.8 Å². The SMILES string of the molecule is CCC(=O)N(NCCCOCCC(=O)O)c1ccc(C(C)(C)C)cc1. The first-order valence-electron chi connectivity index (χ1n) is 8.72. The second-order valence-electron chi connectivity index (χ2n) is 6.90. The Morgan fingerprint density at radius 3 is 2.32 bits per heavy atom. The van der Waals surface area contributed by atoms with Gasteiger partial charge in [0.1, 0.15) is 0 Å². The zero-order valence-electron chi connectivity index (χ0n) is 15.7. The number of carbonyl (C=O) groups excluding carboxylic acids is 1. The van der Waals surface area contributed by atoms with Crippen LogP contribution < -0.4 is 10.4 Å². The van der Waals surface area contributed by atoms with E-state index in [1.807, 2.05) is 31.2 Å². The number of hydrazine groups is 1. The van der Waals surface area contributed by atoms with Crippen LogP contribution in [0.5, 0.6) is 0 Å². The van der Waals surface area contributed by atoms with Gasteiger partial charge in [0.15, 0.2) is 0 Å². The molecular weight excluding hydrogens is 320 g/mol. The fourth-order valence-electron chi connectivity index (χ4n) is 2.22. The number of carboxylic acid groups (broad SMARTS) is 1. The van der Waals surface area contributed by atoms with Crippen LogP contribution >= 0.6 is 0 Å². The molecule has 1 aromatic rings. The first-order chi connectivity index (χ1) is 11.8. The highest BCUT2D eigenvalue weighted by Crippen LogP contribution is 2.24. The second kappa shape index (κ2) is 10.2. The van der Waals surface area contributed by atoms with Gasteiger partial charge in [0.05, 0.1) is 18.7 Å². The van der Waals surface area contributed by atoms with E-state index >= 15 is 0 Å². The maximum Gasteiger partial charge on any atom is 0.305 e. The van der Waals surface area contributed by atoms with Crippen LogP contribution in [0.15, 0.2) is 24.3 Å². The molecular formula is C19H30N2O4. The molecule has 2 N–H and O–H groups in total. The third-order valence-corrected chi connectivity index (χ3v) is 3.74. The van der Waals surface area contributed by atoms with Crippen LogP contribution in [0.4, 0.5) is 5.69 Å². The Balaban J connectivity index is 2.55. The number of nitrogens with zero attached hydrogens (tertiary/aromatic N) is 1. The lowest BCUT2D eigenvalue weighted by atomic mass is 9.87. The summed E-state index contributed by atoms with van der Waals surface area (Å²) in [6, 6.07) is 7.99. The quantitative estimate of drug-likeness (QED) is 0.501. The number of hydrogen-bond acceptors (Lipinski definition) is 4. The Labute approximate surface area is 150 Å². The molecule has 6 heteroatoms. The molecule has 0 aliphatic carbocycles. The van der Waals surface area contributed by atoms with Crippen molar-refractivity contribution in [1.29, 1.82) is 0 Å². The van der Waals surface area contributed by atoms with Gasteiger partial charge in [-0.3, -0.25) is 9.59 Å². The molecule has 1 aromatic carbocycles. The summed E-state index contributed by atoms with van der Waals surface area (Å²) in [6.45, 7) is 9.52. The number of aliphatic carboxylic acids is 1. The lowest BCUT2D eigenvalue weighted by molar-refractivity contribution is -0.138. The number of carboxylic acids is 1. The summed E-state index contributed by atoms with van der Waals surface area (Å²) in [5.41, 5.74) is 5.23. The number of benzene rings is 1. The lowest BCUT2D eigenvalue weighted by Crippen LogP contribution is -2.43. The molecule has 6 nitrogen and oxygen atoms in total. The third kappa shape index (κ3) is 7.67. The molecule has 0 spiro atoms. The van der Waals surface area contributed by atoms with Crippen molar-refractivity contribution < 1.29 is 19.4 Å². The zero-order valence-corrected chi connectivity index (χ0v) is 15.7. The topological polar surface area (TPSA) is 78.9 Å². The summed E-state index contributed by atoms with van der Waals surface area (Å²) >= 11 is 0. The predicted molar refractivity (Wildman–Crippen MR) is 98.6 cm³/mol. The molecule has 0 fully saturated rings. The van der Waals surface area contributed by atoms with Crippen molar-refractivity contribution in [2.45, 2.75) is 52.4 Å². The van der Waals surface area contributed by atoms with Crippen LogP contribution in [0.25, 0.3) is 0 Å². The standard InChI is InChI=1S/C19H30N2O4/c1-5-17(22)21(20-12-6-13-25-14-11-18(23)24)16-9-7-15(8-10-16)19(2,3)4/h7-10,20H,5-6,11-14H2,1-4H3,(H,23,24). The molecule has 1 amide bonds. The van der Waals surface area contributed by atoms with Gasteiger partial charge in [-0.25, -0.2) is 10.4 Å². The van der Waals surface area contributed by atoms with E-state index in [2.05, 4.69) is 26.2 Å². The van der Waals surface area contributed by atoms with Crippen molar-refractivity contribution in [3.05, 3.63) is 29.8 Å². The van der Waals surface area contributed by atoms with Crippen molar-refractivity contribution >= 4 is 17.6 Å². The van der Waals surface area contributed by atoms with Gasteiger partial charge in [0.2, 0.25) is 5.91 Å². The highest BCUT2D eigenvalue weighted by molar-refractivity contribution is 5.92. The molecule has 0 atom stereocenters. The number of rotatable bonds is 10. The summed E-state index contributed by atoms with van der Waals surface area (Å²) in [7, 11) is 0. The van der Waals surface area contributed by atoms with Gasteiger partial charge in [-0.15, -0.1) is 0 Å². The minimum Gasteiger partial charge on any atom is -0.481 e. The monoisotopic (exact) mass is 350 g/mol. The molecule has 0 unspecified atom stereocenters. The van der Waals surface area contributed by atoms with E-state index in [0.717, 1.165) is 5.69 Å². The molecule has 25 heavy (non-hydrogen) atoms. The Kier molecular flexibility index (Phi) is 8.58. The van der Waals surface area contributed by atoms with E-state index in [1.165, 1.54) is 5.56 Å². The molecule has 0 aliphatic heterocycles. The van der Waals surface area contributed by atoms with Crippen LogP contribution in [-0.4, -0.2) is 36.7 Å². The van der Waals surface area contributed by atoms with E-state index in [4.69, 9.17) is 9.84 Å². The molecule has 0 saturated heterocycles. The van der Waals surface area contributed by atoms with Gasteiger partial charge in [-0.05, 0) is 29.5 Å². The Morgan fingerprint density at radius 1 is 1.16 bits per heavy atom. The molecule has 140 valence electrons. The number of nitrogens with one attached hydrogen (secondary N) is 1. The van der Waals surface area contributed by atoms with Crippen LogP contribution in [0.2, 0.25) is 0 Å². The minimum absolute atomic E-state index is 0.00435. The molecule has 0 saturated carbocycles. The molecule has 0 heterocycles. The van der Waals surface area contributed by atoms with Crippen LogP contribution in [0, 0.1) is 0 Å². The van der Waals surface area contributed by atoms with Gasteiger partial charge >= 0.3 is 5.97 Å². The van der Waals surface area contributed by atoms with Crippen LogP contribution in [0.3, 0.4) is 0 Å².